The van der Waals surface area contributed by atoms with Gasteiger partial charge in [-0.3, -0.25) is 0 Å². The first-order valence-electron chi connectivity index (χ1n) is 23.0. The van der Waals surface area contributed by atoms with E-state index in [9.17, 15) is 0 Å². The van der Waals surface area contributed by atoms with E-state index in [1.165, 1.54) is 82.6 Å². The Hall–Kier alpha value is -5.99. The van der Waals surface area contributed by atoms with E-state index in [0.717, 1.165) is 5.69 Å². The van der Waals surface area contributed by atoms with E-state index in [0.29, 0.717) is 0 Å². The molecule has 0 saturated carbocycles. The van der Waals surface area contributed by atoms with Crippen molar-refractivity contribution in [3.8, 4) is 11.1 Å². The van der Waals surface area contributed by atoms with Crippen molar-refractivity contribution in [2.75, 3.05) is 9.80 Å². The first kappa shape index (κ1) is 42.0. The summed E-state index contributed by atoms with van der Waals surface area (Å²) in [7, 11) is -5.77. The summed E-state index contributed by atoms with van der Waals surface area (Å²) in [6.45, 7) is 25.4. The van der Waals surface area contributed by atoms with E-state index in [2.05, 4.69) is 258 Å². The van der Waals surface area contributed by atoms with Crippen molar-refractivity contribution < 1.29 is 0 Å². The van der Waals surface area contributed by atoms with Crippen LogP contribution in [0.3, 0.4) is 0 Å². The molecule has 0 fully saturated rings. The number of nitrogens with zero attached hydrogens (tertiary/aromatic N) is 2. The molecular weight excluding hydrogens is 821 g/mol. The zero-order valence-corrected chi connectivity index (χ0v) is 42.2. The summed E-state index contributed by atoms with van der Waals surface area (Å²) >= 11 is 0. The summed E-state index contributed by atoms with van der Waals surface area (Å²) < 4.78 is -0.0874. The van der Waals surface area contributed by atoms with Crippen molar-refractivity contribution in [3.63, 3.8) is 0 Å². The molecule has 0 bridgehead atoms. The second-order valence-electron chi connectivity index (χ2n) is 21.2. The van der Waals surface area contributed by atoms with Gasteiger partial charge in [0, 0.05) is 38.8 Å². The largest absolute Gasteiger partial charge is 0.310 e. The van der Waals surface area contributed by atoms with Gasteiger partial charge in [-0.25, -0.2) is 0 Å². The zero-order chi connectivity index (χ0) is 44.8. The standard InChI is InChI=1S/C59H60N2Si3/c1-41-21-19-26-45(37-41)60(43-22-13-11-14-23-43)47-32-35-50-42(38-47)31-34-54-56-52-30-18-17-29-51(52)55-40-48(33-36-53(55)58(56)59(57(50)54,63(5,6)7)64(8,9)10)61(44-24-15-12-16-25-44)46-27-20-28-49(39-46)62(2,3)4/h11-40H,1-10H3. The maximum atomic E-state index is 2.66. The van der Waals surface area contributed by atoms with Crippen molar-refractivity contribution >= 4 is 95.9 Å². The molecule has 9 aromatic rings. The lowest BCUT2D eigenvalue weighted by Gasteiger charge is -2.52. The van der Waals surface area contributed by atoms with Crippen LogP contribution < -0.4 is 15.0 Å². The second-order valence-corrected chi connectivity index (χ2v) is 37.2. The molecule has 64 heavy (non-hydrogen) atoms. The molecule has 9 aromatic carbocycles. The molecule has 0 amide bonds. The highest BCUT2D eigenvalue weighted by Crippen LogP contribution is 2.63. The number of fused-ring (bicyclic) bond motifs is 10. The van der Waals surface area contributed by atoms with Crippen LogP contribution in [0.2, 0.25) is 58.9 Å². The Kier molecular flexibility index (Phi) is 10.1. The van der Waals surface area contributed by atoms with Crippen molar-refractivity contribution in [3.05, 3.63) is 199 Å². The van der Waals surface area contributed by atoms with Gasteiger partial charge >= 0.3 is 0 Å². The molecule has 0 aromatic heterocycles. The third kappa shape index (κ3) is 6.62. The number of benzene rings is 9. The van der Waals surface area contributed by atoms with Crippen LogP contribution in [0, 0.1) is 6.92 Å². The Labute approximate surface area is 383 Å². The highest BCUT2D eigenvalue weighted by atomic mass is 28.4. The minimum atomic E-state index is -2.10. The summed E-state index contributed by atoms with van der Waals surface area (Å²) in [6.07, 6.45) is 0. The first-order valence-corrected chi connectivity index (χ1v) is 33.5. The lowest BCUT2D eigenvalue weighted by molar-refractivity contribution is 0.973. The molecule has 5 heteroatoms. The predicted octanol–water partition coefficient (Wildman–Crippen LogP) is 17.0. The Bertz CT molecular complexity index is 3230. The van der Waals surface area contributed by atoms with Gasteiger partial charge in [-0.05, 0) is 140 Å². The van der Waals surface area contributed by atoms with Gasteiger partial charge < -0.3 is 9.80 Å². The number of para-hydroxylation sites is 2. The lowest BCUT2D eigenvalue weighted by Crippen LogP contribution is -2.63. The van der Waals surface area contributed by atoms with Gasteiger partial charge in [0.05, 0.1) is 24.2 Å². The number of aryl methyl sites for hydroxylation is 1. The minimum absolute atomic E-state index is 0.0874. The maximum absolute atomic E-state index is 2.66. The van der Waals surface area contributed by atoms with E-state index in [1.807, 2.05) is 0 Å². The third-order valence-corrected chi connectivity index (χ3v) is 26.1. The molecule has 1 aliphatic rings. The molecule has 0 saturated heterocycles. The minimum Gasteiger partial charge on any atom is -0.310 e. The zero-order valence-electron chi connectivity index (χ0n) is 39.2. The monoisotopic (exact) mass is 880 g/mol. The van der Waals surface area contributed by atoms with Gasteiger partial charge in [0.1, 0.15) is 0 Å². The maximum Gasteiger partial charge on any atom is 0.0776 e. The fraction of sp³-hybridized carbons (Fsp3) is 0.186. The summed E-state index contributed by atoms with van der Waals surface area (Å²) in [6, 6.07) is 68.9. The van der Waals surface area contributed by atoms with Gasteiger partial charge in [-0.15, -0.1) is 0 Å². The topological polar surface area (TPSA) is 6.48 Å². The SMILES string of the molecule is Cc1cccc(N(c2ccccc2)c2ccc3c4c(ccc3c2)-c2c(c3ccc(N(c5ccccc5)c5cccc([Si](C)(C)C)c5)cc3c3ccccc23)C4([Si](C)(C)C)[Si](C)(C)C)c1. The molecule has 0 heterocycles. The smallest absolute Gasteiger partial charge is 0.0776 e. The van der Waals surface area contributed by atoms with Crippen LogP contribution >= 0.6 is 0 Å². The summed E-state index contributed by atoms with van der Waals surface area (Å²) in [5, 5.41) is 9.58. The fourth-order valence-corrected chi connectivity index (χ4v) is 26.0. The number of hydrogen-bond acceptors (Lipinski definition) is 2. The van der Waals surface area contributed by atoms with Gasteiger partial charge in [0.2, 0.25) is 0 Å². The Morgan fingerprint density at radius 2 is 0.875 bits per heavy atom. The first-order chi connectivity index (χ1) is 30.6. The van der Waals surface area contributed by atoms with Crippen LogP contribution in [0.15, 0.2) is 182 Å². The van der Waals surface area contributed by atoms with Crippen LogP contribution in [0.4, 0.5) is 34.1 Å². The Balaban J connectivity index is 1.26. The van der Waals surface area contributed by atoms with Crippen molar-refractivity contribution in [1.82, 2.24) is 0 Å². The fourth-order valence-electron chi connectivity index (χ4n) is 11.7. The molecule has 10 rings (SSSR count). The molecule has 0 atom stereocenters. The average molecular weight is 881 g/mol. The third-order valence-electron chi connectivity index (χ3n) is 14.1. The highest BCUT2D eigenvalue weighted by molar-refractivity contribution is 7.00. The van der Waals surface area contributed by atoms with Crippen LogP contribution in [-0.4, -0.2) is 24.2 Å². The van der Waals surface area contributed by atoms with E-state index in [-0.39, 0.29) is 4.66 Å². The molecule has 2 nitrogen and oxygen atoms in total. The summed E-state index contributed by atoms with van der Waals surface area (Å²) in [5.74, 6) is 0. The molecule has 0 unspecified atom stereocenters. The number of anilines is 6. The van der Waals surface area contributed by atoms with E-state index in [4.69, 9.17) is 0 Å². The second kappa shape index (κ2) is 15.3. The number of rotatable bonds is 9. The molecule has 1 aliphatic carbocycles. The van der Waals surface area contributed by atoms with Crippen LogP contribution in [0.1, 0.15) is 16.7 Å². The molecule has 0 N–H and O–H groups in total. The number of hydrogen-bond donors (Lipinski definition) is 0. The lowest BCUT2D eigenvalue weighted by atomic mass is 9.91. The molecule has 0 radical (unpaired) electrons. The quantitative estimate of drug-likeness (QED) is 0.105. The van der Waals surface area contributed by atoms with Gasteiger partial charge in [-0.2, -0.15) is 0 Å². The van der Waals surface area contributed by atoms with Gasteiger partial charge in [0.25, 0.3) is 0 Å². The van der Waals surface area contributed by atoms with Crippen molar-refractivity contribution in [2.45, 2.75) is 70.5 Å². The molecule has 0 spiro atoms. The molecule has 318 valence electrons. The van der Waals surface area contributed by atoms with Crippen molar-refractivity contribution in [1.29, 1.82) is 0 Å². The van der Waals surface area contributed by atoms with Crippen molar-refractivity contribution in [2.24, 2.45) is 0 Å². The van der Waals surface area contributed by atoms with E-state index >= 15 is 0 Å². The molecule has 0 aliphatic heterocycles. The van der Waals surface area contributed by atoms with Crippen LogP contribution in [-0.2, 0) is 4.66 Å². The van der Waals surface area contributed by atoms with E-state index in [1.54, 1.807) is 11.1 Å². The van der Waals surface area contributed by atoms with Crippen LogP contribution in [0.25, 0.3) is 43.4 Å². The Morgan fingerprint density at radius 3 is 1.47 bits per heavy atom. The average Bonchev–Trinajstić information content (AvgIpc) is 3.61. The van der Waals surface area contributed by atoms with Gasteiger partial charge in [-0.1, -0.05) is 173 Å². The Morgan fingerprint density at radius 1 is 0.359 bits per heavy atom. The summed E-state index contributed by atoms with van der Waals surface area (Å²) in [5.41, 5.74) is 14.4. The van der Waals surface area contributed by atoms with Gasteiger partial charge in [0.15, 0.2) is 0 Å². The summed E-state index contributed by atoms with van der Waals surface area (Å²) in [4.78, 5) is 4.89. The highest BCUT2D eigenvalue weighted by Gasteiger charge is 2.60. The normalized spacial score (nSPS) is 13.6. The van der Waals surface area contributed by atoms with E-state index < -0.39 is 24.2 Å². The van der Waals surface area contributed by atoms with Crippen LogP contribution in [0.5, 0.6) is 0 Å². The predicted molar refractivity (Wildman–Crippen MR) is 289 cm³/mol. The molecular formula is C59H60N2Si3.